The van der Waals surface area contributed by atoms with Crippen LogP contribution in [0.3, 0.4) is 0 Å². The molecule has 1 aliphatic heterocycles. The van der Waals surface area contributed by atoms with E-state index in [2.05, 4.69) is 5.32 Å². The molecule has 1 amide bonds. The highest BCUT2D eigenvalue weighted by Crippen LogP contribution is 2.44. The fourth-order valence-electron chi connectivity index (χ4n) is 5.51. The van der Waals surface area contributed by atoms with Crippen LogP contribution in [0.15, 0.2) is 46.8 Å². The molecule has 1 aromatic heterocycles. The molecular formula is C25H31NO5. The van der Waals surface area contributed by atoms with Crippen molar-refractivity contribution in [2.45, 2.75) is 63.2 Å². The average molecular weight is 426 g/mol. The van der Waals surface area contributed by atoms with Crippen LogP contribution in [0.1, 0.15) is 56.4 Å². The normalized spacial score (nSPS) is 29.7. The quantitative estimate of drug-likeness (QED) is 0.619. The van der Waals surface area contributed by atoms with Gasteiger partial charge in [0, 0.05) is 35.9 Å². The Morgan fingerprint density at radius 3 is 2.87 bits per heavy atom. The van der Waals surface area contributed by atoms with Crippen molar-refractivity contribution < 1.29 is 23.8 Å². The van der Waals surface area contributed by atoms with Crippen LogP contribution in [0.4, 0.5) is 0 Å². The lowest BCUT2D eigenvalue weighted by atomic mass is 9.92. The summed E-state index contributed by atoms with van der Waals surface area (Å²) in [5.74, 6) is 1.55. The molecule has 0 spiro atoms. The van der Waals surface area contributed by atoms with Gasteiger partial charge in [-0.2, -0.15) is 0 Å². The summed E-state index contributed by atoms with van der Waals surface area (Å²) in [4.78, 5) is 13.1. The van der Waals surface area contributed by atoms with Gasteiger partial charge in [-0.1, -0.05) is 24.6 Å². The van der Waals surface area contributed by atoms with Gasteiger partial charge in [0.15, 0.2) is 5.76 Å². The number of hydrogen-bond acceptors (Lipinski definition) is 5. The molecule has 2 N–H and O–H groups in total. The third kappa shape index (κ3) is 4.37. The maximum atomic E-state index is 13.1. The van der Waals surface area contributed by atoms with Gasteiger partial charge in [0.05, 0.1) is 12.9 Å². The molecule has 0 radical (unpaired) electrons. The molecule has 2 bridgehead atoms. The number of ether oxygens (including phenoxy) is 2. The van der Waals surface area contributed by atoms with Crippen molar-refractivity contribution in [3.8, 4) is 0 Å². The van der Waals surface area contributed by atoms with Gasteiger partial charge in [0.2, 0.25) is 6.29 Å². The van der Waals surface area contributed by atoms with Crippen LogP contribution in [0.2, 0.25) is 0 Å². The Hall–Kier alpha value is -2.31. The number of amides is 1. The molecule has 5 atom stereocenters. The zero-order chi connectivity index (χ0) is 21.2. The number of aliphatic hydroxyl groups excluding tert-OH is 1. The van der Waals surface area contributed by atoms with Crippen molar-refractivity contribution in [1.82, 2.24) is 5.32 Å². The Labute approximate surface area is 182 Å². The standard InChI is InChI=1S/C25H31NO5/c27-9-3-4-10-29-24-14-18(20-15-30-22-6-2-1-5-19(20)22)13-23(31-24)25(28)26-21-12-16-7-8-17(21)11-16/h1-2,5-6,13,15-18,21,24,27H,3-4,7-12,14H2,(H,26,28). The summed E-state index contributed by atoms with van der Waals surface area (Å²) in [5.41, 5.74) is 1.89. The van der Waals surface area contributed by atoms with Crippen LogP contribution in [-0.2, 0) is 14.3 Å². The lowest BCUT2D eigenvalue weighted by Crippen LogP contribution is -2.41. The Kier molecular flexibility index (Phi) is 6.01. The van der Waals surface area contributed by atoms with Crippen LogP contribution in [0, 0.1) is 11.8 Å². The molecule has 2 aromatic rings. The van der Waals surface area contributed by atoms with Crippen molar-refractivity contribution in [3.63, 3.8) is 0 Å². The first-order valence-electron chi connectivity index (χ1n) is 11.6. The van der Waals surface area contributed by atoms with Crippen molar-refractivity contribution in [2.75, 3.05) is 13.2 Å². The summed E-state index contributed by atoms with van der Waals surface area (Å²) < 4.78 is 17.7. The molecule has 5 rings (SSSR count). The molecule has 6 nitrogen and oxygen atoms in total. The van der Waals surface area contributed by atoms with Crippen LogP contribution >= 0.6 is 0 Å². The van der Waals surface area contributed by atoms with E-state index in [1.54, 1.807) is 6.26 Å². The molecule has 166 valence electrons. The van der Waals surface area contributed by atoms with Gasteiger partial charge in [-0.3, -0.25) is 4.79 Å². The number of unbranched alkanes of at least 4 members (excludes halogenated alkanes) is 1. The van der Waals surface area contributed by atoms with Gasteiger partial charge in [-0.05, 0) is 56.1 Å². The van der Waals surface area contributed by atoms with Crippen molar-refractivity contribution in [1.29, 1.82) is 0 Å². The minimum Gasteiger partial charge on any atom is -0.464 e. The predicted molar refractivity (Wildman–Crippen MR) is 116 cm³/mol. The molecular weight excluding hydrogens is 394 g/mol. The smallest absolute Gasteiger partial charge is 0.286 e. The number of hydrogen-bond donors (Lipinski definition) is 2. The molecule has 2 heterocycles. The first-order valence-corrected chi connectivity index (χ1v) is 11.6. The van der Waals surface area contributed by atoms with Gasteiger partial charge in [-0.15, -0.1) is 0 Å². The summed E-state index contributed by atoms with van der Waals surface area (Å²) >= 11 is 0. The number of rotatable bonds is 8. The first-order chi connectivity index (χ1) is 15.2. The Morgan fingerprint density at radius 2 is 2.06 bits per heavy atom. The monoisotopic (exact) mass is 425 g/mol. The summed E-state index contributed by atoms with van der Waals surface area (Å²) in [6.07, 6.45) is 10.1. The highest BCUT2D eigenvalue weighted by atomic mass is 16.7. The van der Waals surface area contributed by atoms with E-state index in [4.69, 9.17) is 19.0 Å². The topological polar surface area (TPSA) is 80.9 Å². The largest absolute Gasteiger partial charge is 0.464 e. The van der Waals surface area contributed by atoms with Gasteiger partial charge in [0.25, 0.3) is 5.91 Å². The van der Waals surface area contributed by atoms with E-state index in [1.165, 1.54) is 19.3 Å². The lowest BCUT2D eigenvalue weighted by molar-refractivity contribution is -0.147. The highest BCUT2D eigenvalue weighted by molar-refractivity contribution is 5.92. The van der Waals surface area contributed by atoms with Crippen LogP contribution in [0.25, 0.3) is 11.0 Å². The van der Waals surface area contributed by atoms with E-state index in [0.717, 1.165) is 35.3 Å². The van der Waals surface area contributed by atoms with E-state index in [-0.39, 0.29) is 24.5 Å². The minimum absolute atomic E-state index is 0.0268. The van der Waals surface area contributed by atoms with Gasteiger partial charge in [0.1, 0.15) is 5.58 Å². The van der Waals surface area contributed by atoms with Gasteiger partial charge in [-0.25, -0.2) is 0 Å². The van der Waals surface area contributed by atoms with Gasteiger partial charge < -0.3 is 24.3 Å². The molecule has 3 aliphatic rings. The molecule has 5 unspecified atom stereocenters. The van der Waals surface area contributed by atoms with E-state index in [9.17, 15) is 4.79 Å². The summed E-state index contributed by atoms with van der Waals surface area (Å²) in [5, 5.41) is 13.3. The molecule has 6 heteroatoms. The van der Waals surface area contributed by atoms with Crippen LogP contribution in [-0.4, -0.2) is 36.6 Å². The van der Waals surface area contributed by atoms with Crippen molar-refractivity contribution in [2.24, 2.45) is 11.8 Å². The summed E-state index contributed by atoms with van der Waals surface area (Å²) in [7, 11) is 0. The third-order valence-corrected chi connectivity index (χ3v) is 7.10. The number of fused-ring (bicyclic) bond motifs is 3. The number of carbonyl (C=O) groups excluding carboxylic acids is 1. The molecule has 1 aromatic carbocycles. The highest BCUT2D eigenvalue weighted by Gasteiger charge is 2.41. The maximum absolute atomic E-state index is 13.1. The molecule has 2 saturated carbocycles. The Bertz CT molecular complexity index is 950. The van der Waals surface area contributed by atoms with E-state index in [0.29, 0.717) is 31.1 Å². The number of carbonyl (C=O) groups is 1. The number of furan rings is 1. The number of benzene rings is 1. The lowest BCUT2D eigenvalue weighted by Gasteiger charge is -2.30. The summed E-state index contributed by atoms with van der Waals surface area (Å²) in [6.45, 7) is 0.640. The van der Waals surface area contributed by atoms with Crippen LogP contribution in [0.5, 0.6) is 0 Å². The third-order valence-electron chi connectivity index (χ3n) is 7.10. The predicted octanol–water partition coefficient (Wildman–Crippen LogP) is 4.24. The maximum Gasteiger partial charge on any atom is 0.286 e. The molecule has 2 aliphatic carbocycles. The Morgan fingerprint density at radius 1 is 1.16 bits per heavy atom. The number of para-hydroxylation sites is 1. The number of allylic oxidation sites excluding steroid dienone is 1. The minimum atomic E-state index is -0.497. The zero-order valence-corrected chi connectivity index (χ0v) is 17.8. The molecule has 2 fully saturated rings. The number of nitrogens with one attached hydrogen (secondary N) is 1. The zero-order valence-electron chi connectivity index (χ0n) is 17.8. The van der Waals surface area contributed by atoms with Crippen molar-refractivity contribution >= 4 is 16.9 Å². The van der Waals surface area contributed by atoms with E-state index >= 15 is 0 Å². The molecule has 31 heavy (non-hydrogen) atoms. The fourth-order valence-corrected chi connectivity index (χ4v) is 5.51. The average Bonchev–Trinajstić information content (AvgIpc) is 3.52. The van der Waals surface area contributed by atoms with Crippen LogP contribution < -0.4 is 5.32 Å². The summed E-state index contributed by atoms with van der Waals surface area (Å²) in [6, 6.07) is 8.21. The molecule has 0 saturated heterocycles. The fraction of sp³-hybridized carbons (Fsp3) is 0.560. The first kappa shape index (κ1) is 20.6. The SMILES string of the molecule is O=C(NC1CC2CCC1C2)C1=CC(c2coc3ccccc23)CC(OCCCCO)O1. The van der Waals surface area contributed by atoms with Crippen molar-refractivity contribution in [3.05, 3.63) is 47.9 Å². The Balaban J connectivity index is 1.34. The van der Waals surface area contributed by atoms with E-state index in [1.807, 2.05) is 30.3 Å². The van der Waals surface area contributed by atoms with Gasteiger partial charge >= 0.3 is 0 Å². The second kappa shape index (κ2) is 9.05. The second-order valence-electron chi connectivity index (χ2n) is 9.16. The van der Waals surface area contributed by atoms with E-state index < -0.39 is 6.29 Å². The second-order valence-corrected chi connectivity index (χ2v) is 9.16. The number of aliphatic hydroxyl groups is 1.